The predicted octanol–water partition coefficient (Wildman–Crippen LogP) is 1.05. The van der Waals surface area contributed by atoms with Crippen molar-refractivity contribution in [2.45, 2.75) is 36.4 Å². The number of sulfonamides is 1. The van der Waals surface area contributed by atoms with E-state index < -0.39 is 10.0 Å². The van der Waals surface area contributed by atoms with Gasteiger partial charge in [0, 0.05) is 11.4 Å². The Hall–Kier alpha value is -0.960. The van der Waals surface area contributed by atoms with Crippen LogP contribution in [0.3, 0.4) is 0 Å². The fourth-order valence-corrected chi connectivity index (χ4v) is 5.87. The van der Waals surface area contributed by atoms with E-state index in [1.54, 1.807) is 12.1 Å². The second kappa shape index (κ2) is 6.51. The molecule has 8 heteroatoms. The van der Waals surface area contributed by atoms with Gasteiger partial charge in [0.15, 0.2) is 0 Å². The number of amides is 1. The first-order chi connectivity index (χ1) is 11.0. The van der Waals surface area contributed by atoms with Crippen LogP contribution in [-0.4, -0.2) is 34.5 Å². The van der Waals surface area contributed by atoms with Crippen LogP contribution in [0.25, 0.3) is 0 Å². The minimum absolute atomic E-state index is 0.110. The molecule has 1 aromatic rings. The predicted molar refractivity (Wildman–Crippen MR) is 89.7 cm³/mol. The summed E-state index contributed by atoms with van der Waals surface area (Å²) in [5.74, 6) is 0.540. The zero-order chi connectivity index (χ0) is 16.5. The molecular formula is C15H23N3O3S2. The van der Waals surface area contributed by atoms with Crippen molar-refractivity contribution < 1.29 is 13.2 Å². The third-order valence-electron chi connectivity index (χ3n) is 5.08. The molecule has 0 spiro atoms. The van der Waals surface area contributed by atoms with E-state index in [2.05, 4.69) is 15.4 Å². The fraction of sp³-hybridized carbons (Fsp3) is 0.667. The number of carbonyl (C=O) groups is 1. The van der Waals surface area contributed by atoms with E-state index in [-0.39, 0.29) is 15.5 Å². The van der Waals surface area contributed by atoms with E-state index in [9.17, 15) is 13.2 Å². The number of hydrogen-bond acceptors (Lipinski definition) is 5. The molecule has 1 amide bonds. The van der Waals surface area contributed by atoms with Gasteiger partial charge in [-0.15, -0.1) is 11.3 Å². The van der Waals surface area contributed by atoms with Crippen molar-refractivity contribution in [2.75, 3.05) is 20.1 Å². The van der Waals surface area contributed by atoms with Gasteiger partial charge in [-0.25, -0.2) is 13.1 Å². The Balaban J connectivity index is 1.65. The van der Waals surface area contributed by atoms with Crippen LogP contribution in [-0.2, 0) is 21.4 Å². The van der Waals surface area contributed by atoms with Gasteiger partial charge in [0.1, 0.15) is 4.21 Å². The zero-order valence-electron chi connectivity index (χ0n) is 13.2. The topological polar surface area (TPSA) is 87.3 Å². The molecule has 2 heterocycles. The van der Waals surface area contributed by atoms with Crippen molar-refractivity contribution in [2.24, 2.45) is 11.3 Å². The lowest BCUT2D eigenvalue weighted by atomic mass is 9.67. The maximum Gasteiger partial charge on any atom is 0.249 e. The minimum atomic E-state index is -3.41. The van der Waals surface area contributed by atoms with Gasteiger partial charge in [-0.05, 0) is 44.5 Å². The van der Waals surface area contributed by atoms with Crippen LogP contribution in [0.2, 0.25) is 0 Å². The van der Waals surface area contributed by atoms with Crippen LogP contribution in [0.4, 0.5) is 0 Å². The molecule has 2 fully saturated rings. The summed E-state index contributed by atoms with van der Waals surface area (Å²) < 4.78 is 26.1. The summed E-state index contributed by atoms with van der Waals surface area (Å²) in [6, 6.07) is 3.34. The first-order valence-electron chi connectivity index (χ1n) is 7.99. The molecule has 23 heavy (non-hydrogen) atoms. The first-order valence-corrected chi connectivity index (χ1v) is 10.3. The van der Waals surface area contributed by atoms with E-state index in [4.69, 9.17) is 0 Å². The number of hydrogen-bond donors (Lipinski definition) is 3. The van der Waals surface area contributed by atoms with E-state index in [1.807, 2.05) is 0 Å². The van der Waals surface area contributed by atoms with E-state index >= 15 is 0 Å². The van der Waals surface area contributed by atoms with Gasteiger partial charge in [-0.1, -0.05) is 12.8 Å². The number of thiophene rings is 1. The molecule has 1 aliphatic carbocycles. The summed E-state index contributed by atoms with van der Waals surface area (Å²) in [6.07, 6.45) is 4.37. The van der Waals surface area contributed by atoms with Crippen molar-refractivity contribution in [1.82, 2.24) is 15.4 Å². The van der Waals surface area contributed by atoms with Gasteiger partial charge in [0.25, 0.3) is 0 Å². The minimum Gasteiger partial charge on any atom is -0.351 e. The molecule has 0 bridgehead atoms. The van der Waals surface area contributed by atoms with Gasteiger partial charge >= 0.3 is 0 Å². The second-order valence-corrected chi connectivity index (χ2v) is 9.62. The van der Waals surface area contributed by atoms with Gasteiger partial charge in [-0.2, -0.15) is 0 Å². The first kappa shape index (κ1) is 16.9. The number of nitrogens with one attached hydrogen (secondary N) is 3. The van der Waals surface area contributed by atoms with E-state index in [1.165, 1.54) is 24.8 Å². The average Bonchev–Trinajstić information content (AvgIpc) is 3.20. The number of carbonyl (C=O) groups excluding carboxylic acids is 1. The Kier molecular flexibility index (Phi) is 4.78. The highest BCUT2D eigenvalue weighted by atomic mass is 32.2. The monoisotopic (exact) mass is 357 g/mol. The smallest absolute Gasteiger partial charge is 0.249 e. The Labute approximate surface area is 141 Å². The normalized spacial score (nSPS) is 27.6. The highest BCUT2D eigenvalue weighted by molar-refractivity contribution is 7.91. The van der Waals surface area contributed by atoms with E-state index in [0.29, 0.717) is 12.5 Å². The van der Waals surface area contributed by atoms with Gasteiger partial charge in [0.2, 0.25) is 15.9 Å². The summed E-state index contributed by atoms with van der Waals surface area (Å²) in [5.41, 5.74) is -0.268. The molecule has 1 saturated heterocycles. The quantitative estimate of drug-likeness (QED) is 0.735. The zero-order valence-corrected chi connectivity index (χ0v) is 14.9. The lowest BCUT2D eigenvalue weighted by molar-refractivity contribution is -0.134. The molecule has 1 saturated carbocycles. The number of fused-ring (bicyclic) bond motifs is 1. The van der Waals surface area contributed by atoms with E-state index in [0.717, 1.165) is 37.2 Å². The fourth-order valence-electron chi connectivity index (χ4n) is 3.73. The number of rotatable bonds is 5. The molecule has 0 unspecified atom stereocenters. The summed E-state index contributed by atoms with van der Waals surface area (Å²) in [5, 5.41) is 6.40. The van der Waals surface area contributed by atoms with Crippen molar-refractivity contribution >= 4 is 27.3 Å². The van der Waals surface area contributed by atoms with Crippen molar-refractivity contribution in [3.63, 3.8) is 0 Å². The van der Waals surface area contributed by atoms with Crippen molar-refractivity contribution in [3.8, 4) is 0 Å². The summed E-state index contributed by atoms with van der Waals surface area (Å²) in [6.45, 7) is 2.07. The molecule has 0 aromatic carbocycles. The highest BCUT2D eigenvalue weighted by Gasteiger charge is 2.49. The Morgan fingerprint density at radius 1 is 1.43 bits per heavy atom. The molecule has 128 valence electrons. The second-order valence-electron chi connectivity index (χ2n) is 6.34. The Morgan fingerprint density at radius 3 is 3.04 bits per heavy atom. The molecule has 0 radical (unpaired) electrons. The van der Waals surface area contributed by atoms with Crippen LogP contribution in [0, 0.1) is 11.3 Å². The third kappa shape index (κ3) is 3.17. The van der Waals surface area contributed by atoms with Crippen LogP contribution in [0.1, 0.15) is 30.6 Å². The van der Waals surface area contributed by atoms with Gasteiger partial charge in [0.05, 0.1) is 12.0 Å². The Morgan fingerprint density at radius 2 is 2.26 bits per heavy atom. The molecule has 2 atom stereocenters. The maximum atomic E-state index is 12.8. The highest BCUT2D eigenvalue weighted by Crippen LogP contribution is 2.43. The lowest BCUT2D eigenvalue weighted by Gasteiger charge is -2.37. The molecule has 3 N–H and O–H groups in total. The standard InChI is InChI=1S/C15H23N3O3S2/c1-16-23(20,21)13-6-5-12(22-13)9-18-14(19)15-7-3-2-4-11(15)8-17-10-15/h5-6,11,16-17H,2-4,7-10H2,1H3,(H,18,19)/t11-,15+/m0/s1. The molecule has 3 rings (SSSR count). The van der Waals surface area contributed by atoms with Crippen LogP contribution >= 0.6 is 11.3 Å². The Bertz CT molecular complexity index is 686. The molecule has 2 aliphatic rings. The summed E-state index contributed by atoms with van der Waals surface area (Å²) >= 11 is 1.20. The maximum absolute atomic E-state index is 12.8. The largest absolute Gasteiger partial charge is 0.351 e. The van der Waals surface area contributed by atoms with Crippen molar-refractivity contribution in [1.29, 1.82) is 0 Å². The molecule has 6 nitrogen and oxygen atoms in total. The van der Waals surface area contributed by atoms with Gasteiger partial charge in [-0.3, -0.25) is 4.79 Å². The summed E-state index contributed by atoms with van der Waals surface area (Å²) in [4.78, 5) is 13.6. The van der Waals surface area contributed by atoms with Crippen LogP contribution in [0.15, 0.2) is 16.3 Å². The lowest BCUT2D eigenvalue weighted by Crippen LogP contribution is -2.47. The van der Waals surface area contributed by atoms with Crippen LogP contribution < -0.4 is 15.4 Å². The SMILES string of the molecule is CNS(=O)(=O)c1ccc(CNC(=O)[C@@]23CCCC[C@H]2CNC3)s1. The molecule has 1 aliphatic heterocycles. The molecule has 1 aromatic heterocycles. The van der Waals surface area contributed by atoms with Gasteiger partial charge < -0.3 is 10.6 Å². The van der Waals surface area contributed by atoms with Crippen LogP contribution in [0.5, 0.6) is 0 Å². The van der Waals surface area contributed by atoms with Crippen molar-refractivity contribution in [3.05, 3.63) is 17.0 Å². The summed E-state index contributed by atoms with van der Waals surface area (Å²) in [7, 11) is -2.01. The third-order valence-corrected chi connectivity index (χ3v) is 8.08. The average molecular weight is 358 g/mol. The molecular weight excluding hydrogens is 334 g/mol.